The van der Waals surface area contributed by atoms with Crippen LogP contribution in [0.1, 0.15) is 73.6 Å². The molecule has 0 aromatic heterocycles. The van der Waals surface area contributed by atoms with Crippen LogP contribution in [0.15, 0.2) is 0 Å². The molecule has 0 spiro atoms. The van der Waals surface area contributed by atoms with E-state index in [9.17, 15) is 0 Å². The molecule has 0 aromatic carbocycles. The summed E-state index contributed by atoms with van der Waals surface area (Å²) < 4.78 is 0. The van der Waals surface area contributed by atoms with E-state index in [0.717, 1.165) is 23.7 Å². The average molecular weight is 212 g/mol. The van der Waals surface area contributed by atoms with Crippen molar-refractivity contribution in [2.75, 3.05) is 0 Å². The first-order valence-corrected chi connectivity index (χ1v) is 7.24. The highest BCUT2D eigenvalue weighted by atomic mass is 14.4. The summed E-state index contributed by atoms with van der Waals surface area (Å²) >= 11 is 0. The van der Waals surface area contributed by atoms with Gasteiger partial charge in [0.1, 0.15) is 0 Å². The van der Waals surface area contributed by atoms with E-state index in [1.165, 1.54) is 32.1 Å². The Morgan fingerprint density at radius 2 is 1.47 bits per heavy atom. The van der Waals surface area contributed by atoms with Crippen LogP contribution in [0, 0.1) is 23.7 Å². The summed E-state index contributed by atoms with van der Waals surface area (Å²) in [6.07, 6.45) is 7.17. The predicted molar refractivity (Wildman–Crippen MR) is 71.1 cm³/mol. The molecule has 1 saturated carbocycles. The smallest absolute Gasteiger partial charge is 0.0357 e. The van der Waals surface area contributed by atoms with Gasteiger partial charge in [0.05, 0.1) is 0 Å². The second kappa shape index (κ2) is 8.19. The van der Waals surface area contributed by atoms with Crippen LogP contribution in [0.2, 0.25) is 0 Å². The Morgan fingerprint density at radius 1 is 0.933 bits per heavy atom. The summed E-state index contributed by atoms with van der Waals surface area (Å²) in [7, 11) is 0. The molecular weight excluding hydrogens is 180 g/mol. The molecule has 0 amide bonds. The molecule has 0 nitrogen and oxygen atoms in total. The fourth-order valence-electron chi connectivity index (χ4n) is 3.64. The van der Waals surface area contributed by atoms with Gasteiger partial charge < -0.3 is 0 Å². The second-order valence-corrected chi connectivity index (χ2v) is 4.91. The zero-order chi connectivity index (χ0) is 11.8. The van der Waals surface area contributed by atoms with Crippen LogP contribution in [-0.4, -0.2) is 0 Å². The number of hydrogen-bond donors (Lipinski definition) is 0. The van der Waals surface area contributed by atoms with Gasteiger partial charge >= 0.3 is 0 Å². The lowest BCUT2D eigenvalue weighted by atomic mass is 9.82. The van der Waals surface area contributed by atoms with Crippen molar-refractivity contribution in [2.24, 2.45) is 23.7 Å². The molecule has 4 atom stereocenters. The maximum absolute atomic E-state index is 2.46. The second-order valence-electron chi connectivity index (χ2n) is 4.91. The lowest BCUT2D eigenvalue weighted by Gasteiger charge is -2.23. The van der Waals surface area contributed by atoms with Crippen molar-refractivity contribution in [1.29, 1.82) is 0 Å². The first-order chi connectivity index (χ1) is 7.24. The van der Waals surface area contributed by atoms with E-state index in [0.29, 0.717) is 0 Å². The van der Waals surface area contributed by atoms with Crippen molar-refractivity contribution < 1.29 is 0 Å². The quantitative estimate of drug-likeness (QED) is 0.575. The van der Waals surface area contributed by atoms with Gasteiger partial charge in [-0.25, -0.2) is 0 Å². The van der Waals surface area contributed by atoms with E-state index in [2.05, 4.69) is 27.7 Å². The van der Waals surface area contributed by atoms with Crippen LogP contribution < -0.4 is 0 Å². The van der Waals surface area contributed by atoms with Crippen LogP contribution in [0.4, 0.5) is 0 Å². The van der Waals surface area contributed by atoms with Crippen LogP contribution in [-0.2, 0) is 0 Å². The topological polar surface area (TPSA) is 0 Å². The first-order valence-electron chi connectivity index (χ1n) is 7.24. The van der Waals surface area contributed by atoms with Crippen LogP contribution in [0.25, 0.3) is 0 Å². The largest absolute Gasteiger partial charge is 0.0683 e. The monoisotopic (exact) mass is 212 g/mol. The SMILES string of the molecule is CC.CCCC1CC(C)C(CC)C1CC. The van der Waals surface area contributed by atoms with E-state index >= 15 is 0 Å². The van der Waals surface area contributed by atoms with Gasteiger partial charge in [0.15, 0.2) is 0 Å². The van der Waals surface area contributed by atoms with Crippen molar-refractivity contribution in [3.8, 4) is 0 Å². The van der Waals surface area contributed by atoms with E-state index < -0.39 is 0 Å². The molecule has 1 rings (SSSR count). The fraction of sp³-hybridized carbons (Fsp3) is 1.00. The van der Waals surface area contributed by atoms with Crippen molar-refractivity contribution in [3.63, 3.8) is 0 Å². The third-order valence-electron chi connectivity index (χ3n) is 4.16. The first kappa shape index (κ1) is 15.0. The zero-order valence-electron chi connectivity index (χ0n) is 11.8. The van der Waals surface area contributed by atoms with Gasteiger partial charge in [-0.2, -0.15) is 0 Å². The van der Waals surface area contributed by atoms with E-state index in [1.807, 2.05) is 13.8 Å². The zero-order valence-corrected chi connectivity index (χ0v) is 11.8. The third-order valence-corrected chi connectivity index (χ3v) is 4.16. The lowest BCUT2D eigenvalue weighted by Crippen LogP contribution is -2.15. The van der Waals surface area contributed by atoms with E-state index in [1.54, 1.807) is 0 Å². The summed E-state index contributed by atoms with van der Waals surface area (Å²) in [6, 6.07) is 0. The highest BCUT2D eigenvalue weighted by Crippen LogP contribution is 2.46. The summed E-state index contributed by atoms with van der Waals surface area (Å²) in [4.78, 5) is 0. The van der Waals surface area contributed by atoms with Gasteiger partial charge in [0.2, 0.25) is 0 Å². The lowest BCUT2D eigenvalue weighted by molar-refractivity contribution is 0.265. The fourth-order valence-corrected chi connectivity index (χ4v) is 3.64. The Kier molecular flexibility index (Phi) is 8.19. The minimum Gasteiger partial charge on any atom is -0.0683 e. The van der Waals surface area contributed by atoms with Crippen LogP contribution >= 0.6 is 0 Å². The van der Waals surface area contributed by atoms with Gasteiger partial charge in [-0.15, -0.1) is 0 Å². The van der Waals surface area contributed by atoms with Crippen molar-refractivity contribution in [2.45, 2.75) is 73.6 Å². The Morgan fingerprint density at radius 3 is 1.87 bits per heavy atom. The number of hydrogen-bond acceptors (Lipinski definition) is 0. The summed E-state index contributed by atoms with van der Waals surface area (Å²) in [5.41, 5.74) is 0. The molecule has 92 valence electrons. The Labute approximate surface area is 97.8 Å². The van der Waals surface area contributed by atoms with Gasteiger partial charge in [0, 0.05) is 0 Å². The minimum absolute atomic E-state index is 0.992. The third kappa shape index (κ3) is 3.81. The molecule has 0 aliphatic heterocycles. The Hall–Kier alpha value is 0. The summed E-state index contributed by atoms with van der Waals surface area (Å²) in [6.45, 7) is 13.6. The van der Waals surface area contributed by atoms with Crippen molar-refractivity contribution in [1.82, 2.24) is 0 Å². The normalized spacial score (nSPS) is 34.8. The van der Waals surface area contributed by atoms with Gasteiger partial charge in [-0.1, -0.05) is 67.2 Å². The van der Waals surface area contributed by atoms with E-state index in [4.69, 9.17) is 0 Å². The molecule has 1 aliphatic carbocycles. The molecular formula is C15H32. The average Bonchev–Trinajstić information content (AvgIpc) is 2.57. The Bertz CT molecular complexity index is 139. The van der Waals surface area contributed by atoms with Crippen molar-refractivity contribution >= 4 is 0 Å². The molecule has 4 unspecified atom stereocenters. The van der Waals surface area contributed by atoms with Crippen molar-refractivity contribution in [3.05, 3.63) is 0 Å². The highest BCUT2D eigenvalue weighted by molar-refractivity contribution is 4.87. The predicted octanol–water partition coefficient (Wildman–Crippen LogP) is 5.52. The van der Waals surface area contributed by atoms with Crippen LogP contribution in [0.3, 0.4) is 0 Å². The molecule has 0 heterocycles. The summed E-state index contributed by atoms with van der Waals surface area (Å²) in [5.74, 6) is 4.11. The highest BCUT2D eigenvalue weighted by Gasteiger charge is 2.37. The van der Waals surface area contributed by atoms with Gasteiger partial charge in [0.25, 0.3) is 0 Å². The Balaban J connectivity index is 0.000000921. The van der Waals surface area contributed by atoms with Gasteiger partial charge in [-0.3, -0.25) is 0 Å². The van der Waals surface area contributed by atoms with Crippen LogP contribution in [0.5, 0.6) is 0 Å². The molecule has 0 bridgehead atoms. The molecule has 1 fully saturated rings. The number of rotatable bonds is 4. The standard InChI is InChI=1S/C13H26.C2H6/c1-5-8-11-9-10(4)12(6-2)13(11)7-3;1-2/h10-13H,5-9H2,1-4H3;1-2H3. The molecule has 0 aromatic rings. The molecule has 0 N–H and O–H groups in total. The minimum atomic E-state index is 0.992. The van der Waals surface area contributed by atoms with E-state index in [-0.39, 0.29) is 0 Å². The molecule has 1 aliphatic rings. The molecule has 15 heavy (non-hydrogen) atoms. The molecule has 0 radical (unpaired) electrons. The maximum Gasteiger partial charge on any atom is -0.0357 e. The molecule has 0 heteroatoms. The molecule has 0 saturated heterocycles. The maximum atomic E-state index is 2.46. The van der Waals surface area contributed by atoms with Gasteiger partial charge in [-0.05, 0) is 30.1 Å². The summed E-state index contributed by atoms with van der Waals surface area (Å²) in [5, 5.41) is 0.